The molecule has 3 aromatic heterocycles. The lowest BCUT2D eigenvalue weighted by Gasteiger charge is -2.08. The molecule has 0 unspecified atom stereocenters. The van der Waals surface area contributed by atoms with Gasteiger partial charge in [-0.1, -0.05) is 6.92 Å². The lowest BCUT2D eigenvalue weighted by atomic mass is 10.2. The van der Waals surface area contributed by atoms with Crippen LogP contribution in [0.4, 0.5) is 0 Å². The summed E-state index contributed by atoms with van der Waals surface area (Å²) in [4.78, 5) is 31.6. The van der Waals surface area contributed by atoms with Gasteiger partial charge < -0.3 is 4.98 Å². The van der Waals surface area contributed by atoms with Crippen LogP contribution in [-0.4, -0.2) is 15.6 Å². The Morgan fingerprint density at radius 2 is 2.29 bits per heavy atom. The number of carbonyl (C=O) groups excluding carboxylic acids is 1. The van der Waals surface area contributed by atoms with Crippen molar-refractivity contribution in [2.24, 2.45) is 0 Å². The van der Waals surface area contributed by atoms with Gasteiger partial charge in [-0.2, -0.15) is 4.68 Å². The van der Waals surface area contributed by atoms with Crippen LogP contribution in [0.3, 0.4) is 0 Å². The van der Waals surface area contributed by atoms with Crippen LogP contribution in [0.15, 0.2) is 16.2 Å². The van der Waals surface area contributed by atoms with Crippen LogP contribution in [0.1, 0.15) is 39.0 Å². The highest BCUT2D eigenvalue weighted by atomic mass is 32.1. The number of carbonyl (C=O) groups is 1. The minimum absolute atomic E-state index is 0.215. The number of fused-ring (bicyclic) bond motifs is 3. The second kappa shape index (κ2) is 5.94. The molecule has 3 heterocycles. The van der Waals surface area contributed by atoms with Crippen LogP contribution in [0.5, 0.6) is 0 Å². The van der Waals surface area contributed by atoms with E-state index in [1.807, 2.05) is 13.0 Å². The predicted molar refractivity (Wildman–Crippen MR) is 101 cm³/mol. The zero-order valence-corrected chi connectivity index (χ0v) is 15.4. The molecule has 1 aliphatic carbocycles. The van der Waals surface area contributed by atoms with E-state index < -0.39 is 0 Å². The highest BCUT2D eigenvalue weighted by Crippen LogP contribution is 2.34. The molecule has 24 heavy (non-hydrogen) atoms. The van der Waals surface area contributed by atoms with Crippen molar-refractivity contribution in [2.75, 3.05) is 5.43 Å². The predicted octanol–water partition coefficient (Wildman–Crippen LogP) is 3.62. The maximum Gasteiger partial charge on any atom is 0.282 e. The molecule has 1 amide bonds. The molecular weight excluding hydrogens is 362 g/mol. The SMILES string of the molecule is CCc1cc(C(=O)Nn2c(=S)[nH]c3sc4c(c3c2=O)CCC4)cs1. The molecule has 4 rings (SSSR count). The summed E-state index contributed by atoms with van der Waals surface area (Å²) >= 11 is 8.41. The van der Waals surface area contributed by atoms with E-state index in [-0.39, 0.29) is 16.2 Å². The lowest BCUT2D eigenvalue weighted by Crippen LogP contribution is -2.34. The molecule has 0 saturated heterocycles. The van der Waals surface area contributed by atoms with Crippen molar-refractivity contribution in [3.05, 3.63) is 47.5 Å². The first-order valence-corrected chi connectivity index (χ1v) is 9.87. The van der Waals surface area contributed by atoms with Gasteiger partial charge in [-0.05, 0) is 49.5 Å². The summed E-state index contributed by atoms with van der Waals surface area (Å²) < 4.78 is 1.38. The first-order chi connectivity index (χ1) is 11.6. The van der Waals surface area contributed by atoms with Gasteiger partial charge in [-0.15, -0.1) is 22.7 Å². The van der Waals surface area contributed by atoms with Crippen molar-refractivity contribution in [3.8, 4) is 0 Å². The number of rotatable bonds is 3. The van der Waals surface area contributed by atoms with Crippen LogP contribution in [0, 0.1) is 4.77 Å². The molecule has 0 aromatic carbocycles. The summed E-state index contributed by atoms with van der Waals surface area (Å²) in [5.74, 6) is -0.321. The third-order valence-electron chi connectivity index (χ3n) is 4.24. The van der Waals surface area contributed by atoms with E-state index in [0.29, 0.717) is 10.9 Å². The topological polar surface area (TPSA) is 66.9 Å². The Kier molecular flexibility index (Phi) is 3.90. The maximum absolute atomic E-state index is 12.9. The highest BCUT2D eigenvalue weighted by molar-refractivity contribution is 7.71. The number of nitrogens with zero attached hydrogens (tertiary/aromatic N) is 1. The first kappa shape index (κ1) is 15.7. The standard InChI is InChI=1S/C16H15N3O2S3/c1-2-9-6-8(7-23-9)13(20)18-19-15(21)12-10-4-3-5-11(10)24-14(12)17-16(19)22/h6-7H,2-5H2,1H3,(H,17,22)(H,18,20). The van der Waals surface area contributed by atoms with Crippen molar-refractivity contribution >= 4 is 51.0 Å². The van der Waals surface area contributed by atoms with Gasteiger partial charge in [0.05, 0.1) is 10.9 Å². The number of aromatic amines is 1. The van der Waals surface area contributed by atoms with Crippen molar-refractivity contribution in [2.45, 2.75) is 32.6 Å². The van der Waals surface area contributed by atoms with Crippen molar-refractivity contribution in [3.63, 3.8) is 0 Å². The lowest BCUT2D eigenvalue weighted by molar-refractivity contribution is 0.101. The van der Waals surface area contributed by atoms with E-state index in [0.717, 1.165) is 45.6 Å². The highest BCUT2D eigenvalue weighted by Gasteiger charge is 2.22. The van der Waals surface area contributed by atoms with E-state index in [1.54, 1.807) is 16.7 Å². The number of hydrogen-bond acceptors (Lipinski definition) is 5. The minimum Gasteiger partial charge on any atom is -0.322 e. The van der Waals surface area contributed by atoms with Gasteiger partial charge in [-0.3, -0.25) is 15.0 Å². The van der Waals surface area contributed by atoms with Crippen molar-refractivity contribution in [1.29, 1.82) is 0 Å². The average molecular weight is 378 g/mol. The van der Waals surface area contributed by atoms with Gasteiger partial charge in [0.2, 0.25) is 4.77 Å². The molecule has 124 valence electrons. The third kappa shape index (κ3) is 2.45. The fourth-order valence-electron chi connectivity index (χ4n) is 3.03. The number of aryl methyl sites for hydroxylation is 3. The van der Waals surface area contributed by atoms with Gasteiger partial charge in [0.25, 0.3) is 11.5 Å². The summed E-state index contributed by atoms with van der Waals surface area (Å²) in [6.45, 7) is 2.04. The summed E-state index contributed by atoms with van der Waals surface area (Å²) in [6.07, 6.45) is 3.88. The Labute approximate surface area is 150 Å². The van der Waals surface area contributed by atoms with Crippen LogP contribution < -0.4 is 11.0 Å². The van der Waals surface area contributed by atoms with Crippen LogP contribution in [0.25, 0.3) is 10.2 Å². The summed E-state index contributed by atoms with van der Waals surface area (Å²) in [6, 6.07) is 1.85. The monoisotopic (exact) mass is 377 g/mol. The Morgan fingerprint density at radius 1 is 1.46 bits per heavy atom. The normalized spacial score (nSPS) is 13.4. The van der Waals surface area contributed by atoms with Gasteiger partial charge in [-0.25, -0.2) is 0 Å². The van der Waals surface area contributed by atoms with E-state index in [9.17, 15) is 9.59 Å². The fraction of sp³-hybridized carbons (Fsp3) is 0.312. The Bertz CT molecular complexity index is 1070. The molecule has 0 saturated carbocycles. The molecule has 0 spiro atoms. The number of aromatic nitrogens is 2. The molecule has 8 heteroatoms. The molecular formula is C16H15N3O2S3. The van der Waals surface area contributed by atoms with Gasteiger partial charge in [0.1, 0.15) is 4.83 Å². The number of nitrogens with one attached hydrogen (secondary N) is 2. The summed E-state index contributed by atoms with van der Waals surface area (Å²) in [5, 5.41) is 2.47. The van der Waals surface area contributed by atoms with Crippen LogP contribution in [-0.2, 0) is 19.3 Å². The van der Waals surface area contributed by atoms with Crippen molar-refractivity contribution in [1.82, 2.24) is 9.66 Å². The molecule has 1 aliphatic rings. The average Bonchev–Trinajstić information content (AvgIpc) is 3.25. The summed E-state index contributed by atoms with van der Waals surface area (Å²) in [7, 11) is 0. The van der Waals surface area contributed by atoms with E-state index >= 15 is 0 Å². The molecule has 0 radical (unpaired) electrons. The molecule has 0 fully saturated rings. The first-order valence-electron chi connectivity index (χ1n) is 7.77. The van der Waals surface area contributed by atoms with E-state index in [4.69, 9.17) is 12.2 Å². The second-order valence-electron chi connectivity index (χ2n) is 5.73. The fourth-order valence-corrected chi connectivity index (χ4v) is 5.42. The minimum atomic E-state index is -0.321. The number of amides is 1. The zero-order valence-electron chi connectivity index (χ0n) is 13.0. The quantitative estimate of drug-likeness (QED) is 0.685. The number of hydrogen-bond donors (Lipinski definition) is 2. The molecule has 2 N–H and O–H groups in total. The molecule has 0 atom stereocenters. The molecule has 0 bridgehead atoms. The number of thiophene rings is 2. The van der Waals surface area contributed by atoms with E-state index in [1.165, 1.54) is 16.2 Å². The van der Waals surface area contributed by atoms with Crippen molar-refractivity contribution < 1.29 is 4.79 Å². The van der Waals surface area contributed by atoms with Gasteiger partial charge in [0, 0.05) is 15.1 Å². The summed E-state index contributed by atoms with van der Waals surface area (Å²) in [5.41, 5.74) is 4.06. The number of H-pyrrole nitrogens is 1. The smallest absolute Gasteiger partial charge is 0.282 e. The van der Waals surface area contributed by atoms with Gasteiger partial charge in [0.15, 0.2) is 0 Å². The maximum atomic E-state index is 12.9. The molecule has 3 aromatic rings. The third-order valence-corrected chi connectivity index (χ3v) is 6.81. The van der Waals surface area contributed by atoms with Crippen LogP contribution >= 0.6 is 34.9 Å². The second-order valence-corrected chi connectivity index (χ2v) is 8.22. The molecule has 5 nitrogen and oxygen atoms in total. The Morgan fingerprint density at radius 3 is 3.04 bits per heavy atom. The van der Waals surface area contributed by atoms with Gasteiger partial charge >= 0.3 is 0 Å². The Balaban J connectivity index is 1.78. The van der Waals surface area contributed by atoms with Crippen LogP contribution in [0.2, 0.25) is 0 Å². The molecule has 0 aliphatic heterocycles. The van der Waals surface area contributed by atoms with E-state index in [2.05, 4.69) is 10.4 Å². The Hall–Kier alpha value is -1.77. The zero-order chi connectivity index (χ0) is 16.8. The largest absolute Gasteiger partial charge is 0.322 e.